The van der Waals surface area contributed by atoms with E-state index in [4.69, 9.17) is 0 Å². The topological polar surface area (TPSA) is 49.3 Å². The fourth-order valence-corrected chi connectivity index (χ4v) is 3.11. The number of halogens is 1. The van der Waals surface area contributed by atoms with Gasteiger partial charge in [0.2, 0.25) is 0 Å². The Labute approximate surface area is 166 Å². The SMILES string of the molecule is CCNC(=NCCCc1nc(C)cs1)NC(C)c1ccccc1.I. The Morgan fingerprint density at radius 3 is 2.67 bits per heavy atom. The van der Waals surface area contributed by atoms with Gasteiger partial charge in [-0.25, -0.2) is 4.98 Å². The molecule has 24 heavy (non-hydrogen) atoms. The lowest BCUT2D eigenvalue weighted by Crippen LogP contribution is -2.38. The number of thiazole rings is 1. The molecule has 2 rings (SSSR count). The van der Waals surface area contributed by atoms with Crippen LogP contribution in [0.15, 0.2) is 40.7 Å². The molecular weight excluding hydrogens is 431 g/mol. The van der Waals surface area contributed by atoms with E-state index in [-0.39, 0.29) is 30.0 Å². The highest BCUT2D eigenvalue weighted by atomic mass is 127. The summed E-state index contributed by atoms with van der Waals surface area (Å²) in [5, 5.41) is 10.1. The highest BCUT2D eigenvalue weighted by molar-refractivity contribution is 14.0. The van der Waals surface area contributed by atoms with Crippen LogP contribution in [-0.2, 0) is 6.42 Å². The summed E-state index contributed by atoms with van der Waals surface area (Å²) in [5.74, 6) is 0.874. The minimum absolute atomic E-state index is 0. The van der Waals surface area contributed by atoms with Crippen molar-refractivity contribution in [2.24, 2.45) is 4.99 Å². The number of nitrogens with one attached hydrogen (secondary N) is 2. The quantitative estimate of drug-likeness (QED) is 0.281. The number of nitrogens with zero attached hydrogens (tertiary/aromatic N) is 2. The smallest absolute Gasteiger partial charge is 0.191 e. The van der Waals surface area contributed by atoms with Gasteiger partial charge in [-0.1, -0.05) is 30.3 Å². The van der Waals surface area contributed by atoms with E-state index in [1.165, 1.54) is 10.6 Å². The third-order valence-corrected chi connectivity index (χ3v) is 4.51. The predicted molar refractivity (Wildman–Crippen MR) is 115 cm³/mol. The second-order valence-electron chi connectivity index (χ2n) is 5.52. The van der Waals surface area contributed by atoms with Crippen molar-refractivity contribution < 1.29 is 0 Å². The van der Waals surface area contributed by atoms with Gasteiger partial charge in [-0.15, -0.1) is 35.3 Å². The standard InChI is InChI=1S/C18H26N4S.HI/c1-4-19-18(22-15(3)16-9-6-5-7-10-16)20-12-8-11-17-21-14(2)13-23-17;/h5-7,9-10,13,15H,4,8,11-12H2,1-3H3,(H2,19,20,22);1H. The van der Waals surface area contributed by atoms with E-state index in [0.717, 1.165) is 37.6 Å². The van der Waals surface area contributed by atoms with Crippen molar-refractivity contribution in [1.82, 2.24) is 15.6 Å². The highest BCUT2D eigenvalue weighted by Gasteiger charge is 2.06. The van der Waals surface area contributed by atoms with Gasteiger partial charge in [0.15, 0.2) is 5.96 Å². The van der Waals surface area contributed by atoms with E-state index in [2.05, 4.69) is 64.1 Å². The van der Waals surface area contributed by atoms with Crippen LogP contribution >= 0.6 is 35.3 Å². The molecule has 1 atom stereocenters. The lowest BCUT2D eigenvalue weighted by Gasteiger charge is -2.18. The van der Waals surface area contributed by atoms with Crippen molar-refractivity contribution in [3.05, 3.63) is 52.0 Å². The highest BCUT2D eigenvalue weighted by Crippen LogP contribution is 2.12. The first kappa shape index (κ1) is 20.9. The Bertz CT molecular complexity index is 612. The Hall–Kier alpha value is -1.15. The maximum atomic E-state index is 4.67. The molecule has 4 nitrogen and oxygen atoms in total. The monoisotopic (exact) mass is 458 g/mol. The number of guanidine groups is 1. The first-order valence-corrected chi connectivity index (χ1v) is 9.07. The average Bonchev–Trinajstić information content (AvgIpc) is 2.98. The number of aliphatic imine (C=N–C) groups is 1. The van der Waals surface area contributed by atoms with Gasteiger partial charge in [0.1, 0.15) is 0 Å². The summed E-state index contributed by atoms with van der Waals surface area (Å²) in [6.45, 7) is 7.94. The first-order chi connectivity index (χ1) is 11.2. The molecule has 1 aromatic heterocycles. The summed E-state index contributed by atoms with van der Waals surface area (Å²) in [4.78, 5) is 9.16. The Kier molecular flexibility index (Phi) is 9.94. The van der Waals surface area contributed by atoms with E-state index in [1.807, 2.05) is 13.0 Å². The van der Waals surface area contributed by atoms with Crippen molar-refractivity contribution in [2.75, 3.05) is 13.1 Å². The van der Waals surface area contributed by atoms with Gasteiger partial charge in [-0.2, -0.15) is 0 Å². The van der Waals surface area contributed by atoms with Gasteiger partial charge in [0.05, 0.1) is 11.0 Å². The molecule has 0 aliphatic heterocycles. The maximum Gasteiger partial charge on any atom is 0.191 e. The van der Waals surface area contributed by atoms with Gasteiger partial charge in [-0.05, 0) is 32.8 Å². The van der Waals surface area contributed by atoms with Gasteiger partial charge in [0, 0.05) is 30.6 Å². The van der Waals surface area contributed by atoms with Crippen molar-refractivity contribution >= 4 is 41.3 Å². The van der Waals surface area contributed by atoms with Crippen molar-refractivity contribution in [3.8, 4) is 0 Å². The van der Waals surface area contributed by atoms with Crippen LogP contribution in [0.3, 0.4) is 0 Å². The molecule has 1 heterocycles. The van der Waals surface area contributed by atoms with E-state index in [0.29, 0.717) is 0 Å². The van der Waals surface area contributed by atoms with Crippen LogP contribution < -0.4 is 10.6 Å². The molecule has 2 aromatic rings. The van der Waals surface area contributed by atoms with Crippen LogP contribution in [0.2, 0.25) is 0 Å². The molecule has 0 radical (unpaired) electrons. The molecule has 1 aromatic carbocycles. The minimum Gasteiger partial charge on any atom is -0.357 e. The van der Waals surface area contributed by atoms with Crippen molar-refractivity contribution in [3.63, 3.8) is 0 Å². The number of rotatable bonds is 7. The van der Waals surface area contributed by atoms with Crippen molar-refractivity contribution in [1.29, 1.82) is 0 Å². The third kappa shape index (κ3) is 7.17. The fraction of sp³-hybridized carbons (Fsp3) is 0.444. The summed E-state index contributed by atoms with van der Waals surface area (Å²) < 4.78 is 0. The van der Waals surface area contributed by atoms with Crippen molar-refractivity contribution in [2.45, 2.75) is 39.7 Å². The average molecular weight is 458 g/mol. The summed E-state index contributed by atoms with van der Waals surface area (Å²) in [6.07, 6.45) is 2.01. The van der Waals surface area contributed by atoms with E-state index in [9.17, 15) is 0 Å². The summed E-state index contributed by atoms with van der Waals surface area (Å²) in [7, 11) is 0. The lowest BCUT2D eigenvalue weighted by atomic mass is 10.1. The Morgan fingerprint density at radius 1 is 1.29 bits per heavy atom. The van der Waals surface area contributed by atoms with Crippen LogP contribution in [0, 0.1) is 6.92 Å². The van der Waals surface area contributed by atoms with Crippen LogP contribution in [0.5, 0.6) is 0 Å². The number of hydrogen-bond donors (Lipinski definition) is 2. The molecule has 0 saturated heterocycles. The Morgan fingerprint density at radius 2 is 2.04 bits per heavy atom. The lowest BCUT2D eigenvalue weighted by molar-refractivity contribution is 0.683. The summed E-state index contributed by atoms with van der Waals surface area (Å²) >= 11 is 1.74. The molecular formula is C18H27IN4S. The molecule has 0 aliphatic rings. The number of aryl methyl sites for hydroxylation is 2. The molecule has 0 aliphatic carbocycles. The number of benzene rings is 1. The number of hydrogen-bond acceptors (Lipinski definition) is 3. The largest absolute Gasteiger partial charge is 0.357 e. The molecule has 1 unspecified atom stereocenters. The van der Waals surface area contributed by atoms with Crippen LogP contribution in [-0.4, -0.2) is 24.0 Å². The van der Waals surface area contributed by atoms with Gasteiger partial charge in [0.25, 0.3) is 0 Å². The van der Waals surface area contributed by atoms with Gasteiger partial charge in [-0.3, -0.25) is 4.99 Å². The fourth-order valence-electron chi connectivity index (χ4n) is 2.29. The molecule has 6 heteroatoms. The normalized spacial score (nSPS) is 12.4. The Balaban J connectivity index is 0.00000288. The van der Waals surface area contributed by atoms with E-state index in [1.54, 1.807) is 11.3 Å². The van der Waals surface area contributed by atoms with Gasteiger partial charge < -0.3 is 10.6 Å². The second-order valence-corrected chi connectivity index (χ2v) is 6.47. The van der Waals surface area contributed by atoms with E-state index < -0.39 is 0 Å². The van der Waals surface area contributed by atoms with Crippen LogP contribution in [0.1, 0.15) is 42.6 Å². The minimum atomic E-state index is 0. The maximum absolute atomic E-state index is 4.67. The zero-order valence-corrected chi connectivity index (χ0v) is 17.7. The first-order valence-electron chi connectivity index (χ1n) is 8.20. The van der Waals surface area contributed by atoms with Gasteiger partial charge >= 0.3 is 0 Å². The van der Waals surface area contributed by atoms with Crippen LogP contribution in [0.25, 0.3) is 0 Å². The number of aromatic nitrogens is 1. The van der Waals surface area contributed by atoms with E-state index >= 15 is 0 Å². The molecule has 2 N–H and O–H groups in total. The third-order valence-electron chi connectivity index (χ3n) is 3.48. The predicted octanol–water partition coefficient (Wildman–Crippen LogP) is 4.32. The second kappa shape index (κ2) is 11.4. The molecule has 0 bridgehead atoms. The molecule has 0 amide bonds. The zero-order valence-electron chi connectivity index (χ0n) is 14.6. The van der Waals surface area contributed by atoms with Crippen LogP contribution in [0.4, 0.5) is 0 Å². The molecule has 0 spiro atoms. The summed E-state index contributed by atoms with van der Waals surface area (Å²) in [6, 6.07) is 10.7. The molecule has 0 saturated carbocycles. The molecule has 132 valence electrons. The zero-order chi connectivity index (χ0) is 16.5. The molecule has 0 fully saturated rings. The summed E-state index contributed by atoms with van der Waals surface area (Å²) in [5.41, 5.74) is 2.37.